The summed E-state index contributed by atoms with van der Waals surface area (Å²) in [6, 6.07) is 16.1. The van der Waals surface area contributed by atoms with Crippen LogP contribution < -0.4 is 41.0 Å². The Morgan fingerprint density at radius 1 is 0.931 bits per heavy atom. The van der Waals surface area contributed by atoms with Gasteiger partial charge in [-0.15, -0.1) is 0 Å². The van der Waals surface area contributed by atoms with Crippen LogP contribution in [-0.2, 0) is 35.3 Å². The van der Waals surface area contributed by atoms with Crippen LogP contribution in [0.5, 0.6) is 11.5 Å². The molecule has 0 bridgehead atoms. The number of primary amides is 1. The van der Waals surface area contributed by atoms with E-state index in [4.69, 9.17) is 31.5 Å². The van der Waals surface area contributed by atoms with Crippen LogP contribution in [0.1, 0.15) is 84.1 Å². The SMILES string of the molecule is COc1cc2c(cc1OCCCN1CCOCC1)c(Nc1ccc(F)c(Cl)c1)cc[n+]2Cc1ccc(NC(=O)[C@H](CCCNC(N)=O)CC(=O)[C@@H](NC(=O)CCCCCN2C(=O)CC(C)C2=O)C(C)C)cc1. The van der Waals surface area contributed by atoms with Crippen molar-refractivity contribution < 1.29 is 51.9 Å². The molecular weight excluding hydrogens is 947 g/mol. The van der Waals surface area contributed by atoms with Crippen LogP contribution in [0.15, 0.2) is 66.9 Å². The number of hydrogen-bond acceptors (Lipinski definition) is 11. The molecule has 4 aromatic rings. The first-order valence-electron chi connectivity index (χ1n) is 24.9. The summed E-state index contributed by atoms with van der Waals surface area (Å²) in [5.74, 6) is -2.03. The molecule has 3 heterocycles. The lowest BCUT2D eigenvalue weighted by Gasteiger charge is -2.26. The lowest BCUT2D eigenvalue weighted by atomic mass is 9.89. The topological polar surface area (TPSA) is 215 Å². The maximum absolute atomic E-state index is 14.1. The number of urea groups is 1. The van der Waals surface area contributed by atoms with Crippen LogP contribution in [0.25, 0.3) is 10.9 Å². The third-order valence-electron chi connectivity index (χ3n) is 13.0. The van der Waals surface area contributed by atoms with Gasteiger partial charge in [0.2, 0.25) is 29.1 Å². The quantitative estimate of drug-likeness (QED) is 0.0236. The number of hydrogen-bond donors (Lipinski definition) is 5. The molecule has 1 aromatic heterocycles. The van der Waals surface area contributed by atoms with E-state index in [0.717, 1.165) is 61.4 Å². The summed E-state index contributed by atoms with van der Waals surface area (Å²) in [7, 11) is 1.60. The zero-order valence-corrected chi connectivity index (χ0v) is 42.5. The summed E-state index contributed by atoms with van der Waals surface area (Å²) >= 11 is 6.15. The van der Waals surface area contributed by atoms with Crippen LogP contribution in [0.4, 0.5) is 26.2 Å². The molecule has 2 aliphatic heterocycles. The molecule has 17 nitrogen and oxygen atoms in total. The smallest absolute Gasteiger partial charge is 0.312 e. The monoisotopic (exact) mass is 1020 g/mol. The molecule has 2 aliphatic rings. The number of benzene rings is 3. The number of carbonyl (C=O) groups is 6. The number of imide groups is 1. The Balaban J connectivity index is 1.11. The van der Waals surface area contributed by atoms with Crippen molar-refractivity contribution in [1.82, 2.24) is 20.4 Å². The van der Waals surface area contributed by atoms with Gasteiger partial charge in [0.05, 0.1) is 55.1 Å². The number of ether oxygens (including phenoxy) is 3. The molecule has 3 aromatic carbocycles. The van der Waals surface area contributed by atoms with E-state index >= 15 is 0 Å². The summed E-state index contributed by atoms with van der Waals surface area (Å²) in [5, 5.41) is 12.6. The van der Waals surface area contributed by atoms with Crippen molar-refractivity contribution in [2.75, 3.05) is 70.3 Å². The van der Waals surface area contributed by atoms with Crippen molar-refractivity contribution >= 4 is 75.0 Å². The Labute approximate surface area is 425 Å². The Bertz CT molecular complexity index is 2540. The molecule has 0 spiro atoms. The number of pyridine rings is 1. The average Bonchev–Trinajstić information content (AvgIpc) is 3.60. The number of nitrogens with zero attached hydrogens (tertiary/aromatic N) is 3. The first-order chi connectivity index (χ1) is 34.6. The number of Topliss-reactive ketones (excluding diaryl/α,β-unsaturated/α-hetero) is 1. The molecular formula is C53H69ClFN8O9+. The zero-order valence-electron chi connectivity index (χ0n) is 41.7. The van der Waals surface area contributed by atoms with E-state index in [1.165, 1.54) is 17.0 Å². The van der Waals surface area contributed by atoms with Gasteiger partial charge >= 0.3 is 6.03 Å². The van der Waals surface area contributed by atoms with Crippen molar-refractivity contribution in [3.8, 4) is 11.5 Å². The summed E-state index contributed by atoms with van der Waals surface area (Å²) in [4.78, 5) is 80.2. The van der Waals surface area contributed by atoms with Gasteiger partial charge in [0.25, 0.3) is 0 Å². The van der Waals surface area contributed by atoms with Gasteiger partial charge in [-0.05, 0) is 74.4 Å². The first-order valence-corrected chi connectivity index (χ1v) is 25.3. The summed E-state index contributed by atoms with van der Waals surface area (Å²) in [6.45, 7) is 11.0. The first kappa shape index (κ1) is 55.0. The molecule has 0 radical (unpaired) electrons. The number of likely N-dealkylation sites (tertiary alicyclic amines) is 1. The fourth-order valence-corrected chi connectivity index (χ4v) is 9.13. The van der Waals surface area contributed by atoms with Gasteiger partial charge < -0.3 is 41.2 Å². The normalized spacial score (nSPS) is 15.9. The summed E-state index contributed by atoms with van der Waals surface area (Å²) in [5.41, 5.74) is 8.86. The highest BCUT2D eigenvalue weighted by Gasteiger charge is 2.35. The number of nitrogens with two attached hydrogens (primary N) is 1. The molecule has 3 atom stereocenters. The predicted molar refractivity (Wildman–Crippen MR) is 273 cm³/mol. The second-order valence-electron chi connectivity index (χ2n) is 18.9. The van der Waals surface area contributed by atoms with Gasteiger partial charge in [-0.3, -0.25) is 33.8 Å². The largest absolute Gasteiger partial charge is 0.493 e. The van der Waals surface area contributed by atoms with Crippen molar-refractivity contribution in [1.29, 1.82) is 0 Å². The van der Waals surface area contributed by atoms with E-state index in [0.29, 0.717) is 68.3 Å². The highest BCUT2D eigenvalue weighted by atomic mass is 35.5. The van der Waals surface area contributed by atoms with Crippen LogP contribution >= 0.6 is 11.6 Å². The number of fused-ring (bicyclic) bond motifs is 1. The Hall–Kier alpha value is -6.37. The Kier molecular flexibility index (Phi) is 20.5. The second kappa shape index (κ2) is 26.9. The maximum atomic E-state index is 14.1. The van der Waals surface area contributed by atoms with Crippen molar-refractivity contribution in [2.24, 2.45) is 23.5 Å². The minimum absolute atomic E-state index is 0.00693. The number of amides is 6. The van der Waals surface area contributed by atoms with Gasteiger partial charge in [-0.25, -0.2) is 9.18 Å². The minimum Gasteiger partial charge on any atom is -0.493 e. The van der Waals surface area contributed by atoms with E-state index in [1.807, 2.05) is 50.4 Å². The van der Waals surface area contributed by atoms with Crippen LogP contribution in [0.3, 0.4) is 0 Å². The Morgan fingerprint density at radius 2 is 1.68 bits per heavy atom. The van der Waals surface area contributed by atoms with Crippen LogP contribution in [0, 0.1) is 23.6 Å². The van der Waals surface area contributed by atoms with Gasteiger partial charge in [-0.2, -0.15) is 4.57 Å². The minimum atomic E-state index is -0.832. The van der Waals surface area contributed by atoms with Crippen molar-refractivity contribution in [3.63, 3.8) is 0 Å². The summed E-state index contributed by atoms with van der Waals surface area (Å²) < 4.78 is 33.8. The van der Waals surface area contributed by atoms with Gasteiger partial charge in [0, 0.05) is 86.8 Å². The number of halogens is 2. The van der Waals surface area contributed by atoms with E-state index in [2.05, 4.69) is 30.7 Å². The molecule has 1 unspecified atom stereocenters. The van der Waals surface area contributed by atoms with Gasteiger partial charge in [0.1, 0.15) is 5.82 Å². The predicted octanol–water partition coefficient (Wildman–Crippen LogP) is 6.88. The molecule has 2 saturated heterocycles. The number of nitrogens with one attached hydrogen (secondary N) is 4. The number of methoxy groups -OCH3 is 1. The number of morpholine rings is 1. The number of aromatic nitrogens is 1. The lowest BCUT2D eigenvalue weighted by Crippen LogP contribution is -2.45. The lowest BCUT2D eigenvalue weighted by molar-refractivity contribution is -0.662. The van der Waals surface area contributed by atoms with E-state index < -0.39 is 23.8 Å². The maximum Gasteiger partial charge on any atom is 0.312 e. The summed E-state index contributed by atoms with van der Waals surface area (Å²) in [6.07, 6.45) is 5.36. The third kappa shape index (κ3) is 15.8. The number of rotatable bonds is 27. The van der Waals surface area contributed by atoms with E-state index in [-0.39, 0.29) is 78.5 Å². The molecule has 72 heavy (non-hydrogen) atoms. The highest BCUT2D eigenvalue weighted by Crippen LogP contribution is 2.36. The molecule has 6 amide bonds. The standard InChI is InChI=1S/C53H68ClFN8O9/c1-34(2)50(60-48(65)11-6-5-7-21-63-49(66)28-35(3)52(63)68)45(64)29-37(10-8-19-57-53(56)69)51(67)59-38-14-12-36(13-15-38)33-62-22-18-43(58-39-16-17-42(55)41(54)30-39)40-31-47(46(70-4)32-44(40)62)72-25-9-20-61-23-26-71-27-24-61/h12-18,22,30-32,34-35,37,50H,5-11,19-21,23-29,33H2,1-4H3,(H5,56,57,59,60,65,67,69)/p+1/t35?,37-,50+/m1/s1. The Morgan fingerprint density at radius 3 is 2.36 bits per heavy atom. The van der Waals surface area contributed by atoms with Gasteiger partial charge in [0.15, 0.2) is 30.0 Å². The number of unbranched alkanes of at least 4 members (excludes halogenated alkanes) is 2. The second-order valence-corrected chi connectivity index (χ2v) is 19.3. The zero-order chi connectivity index (χ0) is 51.7. The third-order valence-corrected chi connectivity index (χ3v) is 13.3. The van der Waals surface area contributed by atoms with E-state index in [1.54, 1.807) is 32.2 Å². The molecule has 0 saturated carbocycles. The van der Waals surface area contributed by atoms with Crippen LogP contribution in [0.2, 0.25) is 5.02 Å². The van der Waals surface area contributed by atoms with Crippen LogP contribution in [-0.4, -0.2) is 111 Å². The number of carbonyl (C=O) groups excluding carboxylic acids is 6. The fraction of sp³-hybridized carbons (Fsp3) is 0.491. The average molecular weight is 1020 g/mol. The molecule has 19 heteroatoms. The molecule has 2 fully saturated rings. The fourth-order valence-electron chi connectivity index (χ4n) is 8.95. The molecule has 6 N–H and O–H groups in total. The molecule has 388 valence electrons. The van der Waals surface area contributed by atoms with Gasteiger partial charge in [-0.1, -0.05) is 50.9 Å². The number of anilines is 3. The van der Waals surface area contributed by atoms with Crippen molar-refractivity contribution in [2.45, 2.75) is 91.1 Å². The molecule has 0 aliphatic carbocycles. The van der Waals surface area contributed by atoms with E-state index in [9.17, 15) is 33.2 Å². The highest BCUT2D eigenvalue weighted by molar-refractivity contribution is 6.31. The molecule has 6 rings (SSSR count). The number of ketones is 1. The van der Waals surface area contributed by atoms with Crippen molar-refractivity contribution in [3.05, 3.63) is 83.3 Å².